The van der Waals surface area contributed by atoms with Crippen LogP contribution in [-0.2, 0) is 6.54 Å². The van der Waals surface area contributed by atoms with Crippen molar-refractivity contribution in [2.45, 2.75) is 20.4 Å². The van der Waals surface area contributed by atoms with Gasteiger partial charge in [-0.1, -0.05) is 41.5 Å². The maximum absolute atomic E-state index is 10.9. The van der Waals surface area contributed by atoms with Crippen molar-refractivity contribution >= 4 is 5.69 Å². The van der Waals surface area contributed by atoms with Gasteiger partial charge in [0.2, 0.25) is 0 Å². The molecular weight excluding hydrogens is 292 g/mol. The summed E-state index contributed by atoms with van der Waals surface area (Å²) in [5, 5.41) is 15.3. The number of aromatic nitrogens is 3. The predicted molar refractivity (Wildman–Crippen MR) is 87.1 cm³/mol. The molecule has 0 fully saturated rings. The maximum atomic E-state index is 10.9. The molecule has 0 N–H and O–H groups in total. The fourth-order valence-electron chi connectivity index (χ4n) is 2.61. The van der Waals surface area contributed by atoms with Crippen LogP contribution in [0.2, 0.25) is 0 Å². The first-order chi connectivity index (χ1) is 11.0. The van der Waals surface area contributed by atoms with Crippen molar-refractivity contribution in [1.82, 2.24) is 14.8 Å². The van der Waals surface area contributed by atoms with Gasteiger partial charge < -0.3 is 0 Å². The van der Waals surface area contributed by atoms with Crippen molar-refractivity contribution in [3.8, 4) is 11.4 Å². The number of hydrogen-bond acceptors (Lipinski definition) is 4. The SMILES string of the molecule is Cc1cc(C)cc(Cn2cnc(-c3cccc([N+](=O)[O-])c3)n2)c1. The zero-order chi connectivity index (χ0) is 16.4. The molecule has 0 amide bonds. The molecule has 0 aliphatic heterocycles. The van der Waals surface area contributed by atoms with Crippen molar-refractivity contribution in [2.24, 2.45) is 0 Å². The fourth-order valence-corrected chi connectivity index (χ4v) is 2.61. The Morgan fingerprint density at radius 3 is 2.57 bits per heavy atom. The number of nitro benzene ring substituents is 1. The normalized spacial score (nSPS) is 10.7. The molecule has 6 heteroatoms. The Balaban J connectivity index is 1.85. The van der Waals surface area contributed by atoms with E-state index in [1.807, 2.05) is 0 Å². The summed E-state index contributed by atoms with van der Waals surface area (Å²) in [6.45, 7) is 4.74. The minimum absolute atomic E-state index is 0.0353. The maximum Gasteiger partial charge on any atom is 0.270 e. The van der Waals surface area contributed by atoms with Gasteiger partial charge in [0.15, 0.2) is 5.82 Å². The third kappa shape index (κ3) is 3.42. The minimum Gasteiger partial charge on any atom is -0.258 e. The zero-order valence-corrected chi connectivity index (χ0v) is 12.9. The molecule has 0 spiro atoms. The molecule has 0 atom stereocenters. The second-order valence-corrected chi connectivity index (χ2v) is 5.57. The van der Waals surface area contributed by atoms with E-state index in [4.69, 9.17) is 0 Å². The Hall–Kier alpha value is -3.02. The van der Waals surface area contributed by atoms with Gasteiger partial charge in [0.25, 0.3) is 5.69 Å². The average molecular weight is 308 g/mol. The predicted octanol–water partition coefficient (Wildman–Crippen LogP) is 3.52. The third-order valence-electron chi connectivity index (χ3n) is 3.48. The zero-order valence-electron chi connectivity index (χ0n) is 12.9. The molecule has 3 rings (SSSR count). The van der Waals surface area contributed by atoms with Gasteiger partial charge in [-0.05, 0) is 19.4 Å². The molecule has 6 nitrogen and oxygen atoms in total. The van der Waals surface area contributed by atoms with Crippen LogP contribution in [-0.4, -0.2) is 19.7 Å². The van der Waals surface area contributed by atoms with Gasteiger partial charge in [-0.3, -0.25) is 10.1 Å². The monoisotopic (exact) mass is 308 g/mol. The van der Waals surface area contributed by atoms with Crippen molar-refractivity contribution in [1.29, 1.82) is 0 Å². The van der Waals surface area contributed by atoms with E-state index in [2.05, 4.69) is 42.1 Å². The first kappa shape index (κ1) is 14.9. The highest BCUT2D eigenvalue weighted by atomic mass is 16.6. The van der Waals surface area contributed by atoms with Crippen LogP contribution in [0.25, 0.3) is 11.4 Å². The second kappa shape index (κ2) is 6.00. The summed E-state index contributed by atoms with van der Waals surface area (Å²) in [5.41, 5.74) is 4.24. The quantitative estimate of drug-likeness (QED) is 0.546. The molecule has 0 radical (unpaired) electrons. The first-order valence-corrected chi connectivity index (χ1v) is 7.23. The molecule has 3 aromatic rings. The molecule has 0 saturated carbocycles. The van der Waals surface area contributed by atoms with Crippen LogP contribution >= 0.6 is 0 Å². The number of aryl methyl sites for hydroxylation is 2. The number of nitro groups is 1. The molecule has 23 heavy (non-hydrogen) atoms. The average Bonchev–Trinajstić information content (AvgIpc) is 2.95. The number of non-ortho nitro benzene ring substituents is 1. The summed E-state index contributed by atoms with van der Waals surface area (Å²) in [7, 11) is 0. The minimum atomic E-state index is -0.421. The van der Waals surface area contributed by atoms with Crippen LogP contribution < -0.4 is 0 Å². The summed E-state index contributed by atoms with van der Waals surface area (Å²) < 4.78 is 1.74. The van der Waals surface area contributed by atoms with Crippen LogP contribution in [0.1, 0.15) is 16.7 Å². The Morgan fingerprint density at radius 2 is 1.87 bits per heavy atom. The van der Waals surface area contributed by atoms with E-state index in [1.165, 1.54) is 23.3 Å². The van der Waals surface area contributed by atoms with Crippen molar-refractivity contribution < 1.29 is 4.92 Å². The van der Waals surface area contributed by atoms with Gasteiger partial charge in [-0.25, -0.2) is 9.67 Å². The van der Waals surface area contributed by atoms with E-state index in [0.717, 1.165) is 5.56 Å². The van der Waals surface area contributed by atoms with Crippen LogP contribution in [0.5, 0.6) is 0 Å². The van der Waals surface area contributed by atoms with Crippen LogP contribution in [0.15, 0.2) is 48.8 Å². The lowest BCUT2D eigenvalue weighted by Gasteiger charge is -2.04. The topological polar surface area (TPSA) is 73.8 Å². The molecule has 0 saturated heterocycles. The standard InChI is InChI=1S/C17H16N4O2/c1-12-6-13(2)8-14(7-12)10-20-11-18-17(19-20)15-4-3-5-16(9-15)21(22)23/h3-9,11H,10H2,1-2H3. The van der Waals surface area contributed by atoms with Crippen molar-refractivity contribution in [3.05, 3.63) is 75.6 Å². The van der Waals surface area contributed by atoms with Gasteiger partial charge in [0.1, 0.15) is 6.33 Å². The lowest BCUT2D eigenvalue weighted by atomic mass is 10.1. The summed E-state index contributed by atoms with van der Waals surface area (Å²) in [5.74, 6) is 0.484. The van der Waals surface area contributed by atoms with Gasteiger partial charge in [0.05, 0.1) is 11.5 Å². The van der Waals surface area contributed by atoms with Crippen LogP contribution in [0, 0.1) is 24.0 Å². The van der Waals surface area contributed by atoms with Gasteiger partial charge in [-0.15, -0.1) is 0 Å². The molecule has 116 valence electrons. The first-order valence-electron chi connectivity index (χ1n) is 7.23. The molecule has 2 aromatic carbocycles. The molecular formula is C17H16N4O2. The molecule has 0 unspecified atom stereocenters. The summed E-state index contributed by atoms with van der Waals surface area (Å²) in [6, 6.07) is 12.7. The highest BCUT2D eigenvalue weighted by molar-refractivity contribution is 5.58. The lowest BCUT2D eigenvalue weighted by Crippen LogP contribution is -2.01. The largest absolute Gasteiger partial charge is 0.270 e. The van der Waals surface area contributed by atoms with Crippen LogP contribution in [0.4, 0.5) is 5.69 Å². The fraction of sp³-hybridized carbons (Fsp3) is 0.176. The van der Waals surface area contributed by atoms with Gasteiger partial charge >= 0.3 is 0 Å². The molecule has 0 bridgehead atoms. The van der Waals surface area contributed by atoms with Crippen molar-refractivity contribution in [2.75, 3.05) is 0 Å². The summed E-state index contributed by atoms with van der Waals surface area (Å²) in [6.07, 6.45) is 1.64. The number of hydrogen-bond donors (Lipinski definition) is 0. The van der Waals surface area contributed by atoms with E-state index in [-0.39, 0.29) is 5.69 Å². The summed E-state index contributed by atoms with van der Waals surface area (Å²) in [4.78, 5) is 14.7. The molecule has 0 aliphatic rings. The highest BCUT2D eigenvalue weighted by Crippen LogP contribution is 2.20. The van der Waals surface area contributed by atoms with Crippen molar-refractivity contribution in [3.63, 3.8) is 0 Å². The lowest BCUT2D eigenvalue weighted by molar-refractivity contribution is -0.384. The highest BCUT2D eigenvalue weighted by Gasteiger charge is 2.10. The number of nitrogens with zero attached hydrogens (tertiary/aromatic N) is 4. The van der Waals surface area contributed by atoms with Gasteiger partial charge in [0, 0.05) is 17.7 Å². The van der Waals surface area contributed by atoms with E-state index >= 15 is 0 Å². The molecule has 1 aromatic heterocycles. The Morgan fingerprint density at radius 1 is 1.13 bits per heavy atom. The summed E-state index contributed by atoms with van der Waals surface area (Å²) >= 11 is 0. The molecule has 1 heterocycles. The van der Waals surface area contributed by atoms with Gasteiger partial charge in [-0.2, -0.15) is 5.10 Å². The van der Waals surface area contributed by atoms with E-state index in [9.17, 15) is 10.1 Å². The Labute approximate surface area is 133 Å². The van der Waals surface area contributed by atoms with E-state index in [1.54, 1.807) is 23.1 Å². The van der Waals surface area contributed by atoms with Crippen LogP contribution in [0.3, 0.4) is 0 Å². The Bertz CT molecular complexity index is 850. The number of rotatable bonds is 4. The Kier molecular flexibility index (Phi) is 3.89. The third-order valence-corrected chi connectivity index (χ3v) is 3.48. The number of benzene rings is 2. The smallest absolute Gasteiger partial charge is 0.258 e. The molecule has 0 aliphatic carbocycles. The van der Waals surface area contributed by atoms with E-state index < -0.39 is 4.92 Å². The van der Waals surface area contributed by atoms with E-state index in [0.29, 0.717) is 17.9 Å². The second-order valence-electron chi connectivity index (χ2n) is 5.57.